The van der Waals surface area contributed by atoms with Crippen molar-refractivity contribution in [3.8, 4) is 11.5 Å². The smallest absolute Gasteiger partial charge is 0.326 e. The monoisotopic (exact) mass is 369 g/mol. The van der Waals surface area contributed by atoms with Gasteiger partial charge in [0.2, 0.25) is 5.91 Å². The van der Waals surface area contributed by atoms with E-state index in [0.717, 1.165) is 16.6 Å². The number of H-pyrrole nitrogens is 1. The molecule has 1 aromatic heterocycles. The van der Waals surface area contributed by atoms with Gasteiger partial charge in [0.05, 0.1) is 25.3 Å². The Labute approximate surface area is 156 Å². The average Bonchev–Trinajstić information content (AvgIpc) is 3.01. The highest BCUT2D eigenvalue weighted by Crippen LogP contribution is 2.27. The normalized spacial score (nSPS) is 10.7. The topological polar surface area (TPSA) is 85.4 Å². The molecule has 0 atom stereocenters. The van der Waals surface area contributed by atoms with Crippen molar-refractivity contribution in [2.24, 2.45) is 0 Å². The molecule has 1 heterocycles. The van der Waals surface area contributed by atoms with Crippen LogP contribution in [0.3, 0.4) is 0 Å². The molecule has 0 aliphatic rings. The van der Waals surface area contributed by atoms with Gasteiger partial charge < -0.3 is 19.8 Å². The predicted molar refractivity (Wildman–Crippen MR) is 103 cm³/mol. The van der Waals surface area contributed by atoms with Gasteiger partial charge >= 0.3 is 5.69 Å². The van der Waals surface area contributed by atoms with E-state index in [1.807, 2.05) is 42.5 Å². The zero-order valence-corrected chi connectivity index (χ0v) is 15.5. The summed E-state index contributed by atoms with van der Waals surface area (Å²) in [4.78, 5) is 26.9. The fraction of sp³-hybridized carbons (Fsp3) is 0.300. The van der Waals surface area contributed by atoms with Crippen LogP contribution in [0.15, 0.2) is 47.3 Å². The number of aromatic amines is 1. The quantitative estimate of drug-likeness (QED) is 0.637. The second-order valence-electron chi connectivity index (χ2n) is 6.14. The van der Waals surface area contributed by atoms with Crippen LogP contribution in [0.25, 0.3) is 11.0 Å². The molecule has 0 saturated carbocycles. The van der Waals surface area contributed by atoms with Crippen LogP contribution in [0.4, 0.5) is 0 Å². The van der Waals surface area contributed by atoms with E-state index in [9.17, 15) is 9.59 Å². The Kier molecular flexibility index (Phi) is 5.80. The molecule has 3 rings (SSSR count). The summed E-state index contributed by atoms with van der Waals surface area (Å²) in [5.41, 5.74) is 2.45. The largest absolute Gasteiger partial charge is 0.493 e. The lowest BCUT2D eigenvalue weighted by atomic mass is 10.1. The summed E-state index contributed by atoms with van der Waals surface area (Å²) in [6, 6.07) is 13.1. The number of hydrogen-bond acceptors (Lipinski definition) is 4. The summed E-state index contributed by atoms with van der Waals surface area (Å²) in [6.45, 7) is 0.817. The number of para-hydroxylation sites is 2. The van der Waals surface area contributed by atoms with Crippen molar-refractivity contribution in [1.29, 1.82) is 0 Å². The molecule has 7 nitrogen and oxygen atoms in total. The standard InChI is InChI=1S/C20H23N3O4/c1-26-17-9-7-14(13-18(17)27-2)8-10-19(24)21-11-12-23-16-6-4-3-5-15(16)22-20(23)25/h3-7,9,13H,8,10-12H2,1-2H3,(H,21,24)(H,22,25). The molecule has 0 saturated heterocycles. The molecule has 0 bridgehead atoms. The van der Waals surface area contributed by atoms with Crippen molar-refractivity contribution in [3.05, 3.63) is 58.5 Å². The highest BCUT2D eigenvalue weighted by atomic mass is 16.5. The van der Waals surface area contributed by atoms with Crippen LogP contribution in [0.2, 0.25) is 0 Å². The van der Waals surface area contributed by atoms with Crippen molar-refractivity contribution in [1.82, 2.24) is 14.9 Å². The number of rotatable bonds is 8. The molecule has 142 valence electrons. The van der Waals surface area contributed by atoms with Crippen molar-refractivity contribution in [3.63, 3.8) is 0 Å². The third kappa shape index (κ3) is 4.31. The number of aryl methyl sites for hydroxylation is 1. The van der Waals surface area contributed by atoms with Gasteiger partial charge in [-0.1, -0.05) is 18.2 Å². The molecule has 0 radical (unpaired) electrons. The second-order valence-corrected chi connectivity index (χ2v) is 6.14. The Bertz CT molecular complexity index is 990. The first-order chi connectivity index (χ1) is 13.1. The van der Waals surface area contributed by atoms with Crippen LogP contribution in [0, 0.1) is 0 Å². The van der Waals surface area contributed by atoms with Gasteiger partial charge in [-0.25, -0.2) is 4.79 Å². The molecule has 0 aliphatic carbocycles. The molecule has 1 amide bonds. The number of hydrogen-bond donors (Lipinski definition) is 2. The van der Waals surface area contributed by atoms with Gasteiger partial charge in [0.25, 0.3) is 0 Å². The van der Waals surface area contributed by atoms with Crippen LogP contribution in [0.5, 0.6) is 11.5 Å². The number of fused-ring (bicyclic) bond motifs is 1. The average molecular weight is 369 g/mol. The zero-order valence-electron chi connectivity index (χ0n) is 15.5. The molecular weight excluding hydrogens is 346 g/mol. The minimum Gasteiger partial charge on any atom is -0.493 e. The molecular formula is C20H23N3O4. The minimum absolute atomic E-state index is 0.0577. The lowest BCUT2D eigenvalue weighted by Gasteiger charge is -2.10. The number of nitrogens with one attached hydrogen (secondary N) is 2. The molecule has 3 aromatic rings. The van der Waals surface area contributed by atoms with Gasteiger partial charge in [-0.3, -0.25) is 9.36 Å². The summed E-state index contributed by atoms with van der Waals surface area (Å²) in [5.74, 6) is 1.25. The van der Waals surface area contributed by atoms with Gasteiger partial charge in [-0.15, -0.1) is 0 Å². The fourth-order valence-electron chi connectivity index (χ4n) is 3.02. The van der Waals surface area contributed by atoms with Crippen LogP contribution in [-0.2, 0) is 17.8 Å². The minimum atomic E-state index is -0.171. The highest BCUT2D eigenvalue weighted by Gasteiger charge is 2.08. The maximum absolute atomic E-state index is 12.1. The number of imidazole rings is 1. The van der Waals surface area contributed by atoms with Gasteiger partial charge in [0.1, 0.15) is 0 Å². The van der Waals surface area contributed by atoms with Crippen molar-refractivity contribution in [2.45, 2.75) is 19.4 Å². The van der Waals surface area contributed by atoms with E-state index in [4.69, 9.17) is 9.47 Å². The lowest BCUT2D eigenvalue weighted by Crippen LogP contribution is -2.30. The lowest BCUT2D eigenvalue weighted by molar-refractivity contribution is -0.121. The van der Waals surface area contributed by atoms with Crippen LogP contribution in [-0.4, -0.2) is 36.2 Å². The van der Waals surface area contributed by atoms with E-state index in [1.54, 1.807) is 18.8 Å². The number of ether oxygens (including phenoxy) is 2. The Balaban J connectivity index is 1.51. The molecule has 0 aliphatic heterocycles. The van der Waals surface area contributed by atoms with E-state index in [-0.39, 0.29) is 11.6 Å². The van der Waals surface area contributed by atoms with Crippen LogP contribution in [0.1, 0.15) is 12.0 Å². The molecule has 0 unspecified atom stereocenters. The third-order valence-electron chi connectivity index (χ3n) is 4.43. The number of amides is 1. The first-order valence-electron chi connectivity index (χ1n) is 8.77. The second kappa shape index (κ2) is 8.44. The summed E-state index contributed by atoms with van der Waals surface area (Å²) in [6.07, 6.45) is 0.956. The third-order valence-corrected chi connectivity index (χ3v) is 4.43. The number of carbonyl (C=O) groups is 1. The first kappa shape index (κ1) is 18.6. The molecule has 2 N–H and O–H groups in total. The van der Waals surface area contributed by atoms with Crippen molar-refractivity contribution < 1.29 is 14.3 Å². The molecule has 7 heteroatoms. The summed E-state index contributed by atoms with van der Waals surface area (Å²) < 4.78 is 12.1. The van der Waals surface area contributed by atoms with Gasteiger partial charge in [-0.2, -0.15) is 0 Å². The Morgan fingerprint density at radius 3 is 2.67 bits per heavy atom. The fourth-order valence-corrected chi connectivity index (χ4v) is 3.02. The van der Waals surface area contributed by atoms with Gasteiger partial charge in [-0.05, 0) is 36.2 Å². The molecule has 0 spiro atoms. The highest BCUT2D eigenvalue weighted by molar-refractivity contribution is 5.76. The van der Waals surface area contributed by atoms with Crippen LogP contribution < -0.4 is 20.5 Å². The molecule has 2 aromatic carbocycles. The Morgan fingerprint density at radius 2 is 1.89 bits per heavy atom. The molecule has 27 heavy (non-hydrogen) atoms. The zero-order chi connectivity index (χ0) is 19.2. The van der Waals surface area contributed by atoms with Crippen molar-refractivity contribution in [2.75, 3.05) is 20.8 Å². The SMILES string of the molecule is COc1ccc(CCC(=O)NCCn2c(=O)[nH]c3ccccc32)cc1OC. The maximum Gasteiger partial charge on any atom is 0.326 e. The summed E-state index contributed by atoms with van der Waals surface area (Å²) >= 11 is 0. The number of carbonyl (C=O) groups excluding carboxylic acids is 1. The summed E-state index contributed by atoms with van der Waals surface area (Å²) in [7, 11) is 3.17. The predicted octanol–water partition coefficient (Wildman–Crippen LogP) is 2.10. The number of methoxy groups -OCH3 is 2. The number of aromatic nitrogens is 2. The number of benzene rings is 2. The van der Waals surface area contributed by atoms with E-state index in [0.29, 0.717) is 37.4 Å². The van der Waals surface area contributed by atoms with Crippen LogP contribution >= 0.6 is 0 Å². The van der Waals surface area contributed by atoms with E-state index >= 15 is 0 Å². The Morgan fingerprint density at radius 1 is 1.11 bits per heavy atom. The number of nitrogens with zero attached hydrogens (tertiary/aromatic N) is 1. The van der Waals surface area contributed by atoms with E-state index in [1.165, 1.54) is 0 Å². The first-order valence-corrected chi connectivity index (χ1v) is 8.77. The van der Waals surface area contributed by atoms with Crippen molar-refractivity contribution >= 4 is 16.9 Å². The summed E-state index contributed by atoms with van der Waals surface area (Å²) in [5, 5.41) is 2.87. The van der Waals surface area contributed by atoms with Gasteiger partial charge in [0.15, 0.2) is 11.5 Å². The Hall–Kier alpha value is -3.22. The van der Waals surface area contributed by atoms with E-state index < -0.39 is 0 Å². The van der Waals surface area contributed by atoms with E-state index in [2.05, 4.69) is 10.3 Å². The molecule has 0 fully saturated rings. The van der Waals surface area contributed by atoms with Gasteiger partial charge in [0, 0.05) is 19.5 Å². The maximum atomic E-state index is 12.1.